The summed E-state index contributed by atoms with van der Waals surface area (Å²) in [7, 11) is 0. The molecule has 1 aliphatic heterocycles. The largest absolute Gasteiger partial charge is 0.489 e. The molecule has 0 unspecified atom stereocenters. The fourth-order valence-electron chi connectivity index (χ4n) is 2.78. The van der Waals surface area contributed by atoms with Crippen LogP contribution in [0.25, 0.3) is 6.08 Å². The second kappa shape index (κ2) is 9.64. The number of amides is 2. The Balaban J connectivity index is 1.40. The third-order valence-electron chi connectivity index (χ3n) is 4.37. The van der Waals surface area contributed by atoms with Crippen molar-refractivity contribution in [2.45, 2.75) is 6.61 Å². The number of ether oxygens (including phenoxy) is 1. The second-order valence-corrected chi connectivity index (χ2v) is 8.10. The van der Waals surface area contributed by atoms with Gasteiger partial charge in [0.05, 0.1) is 4.91 Å². The molecular weight excluding hydrogens is 432 g/mol. The lowest BCUT2D eigenvalue weighted by molar-refractivity contribution is -0.115. The van der Waals surface area contributed by atoms with E-state index in [1.54, 1.807) is 30.3 Å². The van der Waals surface area contributed by atoms with Crippen molar-refractivity contribution < 1.29 is 14.3 Å². The lowest BCUT2D eigenvalue weighted by atomic mass is 10.2. The Bertz CT molecular complexity index is 1160. The molecule has 1 fully saturated rings. The van der Waals surface area contributed by atoms with Gasteiger partial charge in [-0.2, -0.15) is 4.99 Å². The maximum absolute atomic E-state index is 12.3. The van der Waals surface area contributed by atoms with Crippen LogP contribution in [0.3, 0.4) is 0 Å². The minimum Gasteiger partial charge on any atom is -0.489 e. The number of nitrogens with zero attached hydrogens (tertiary/aromatic N) is 1. The number of amidine groups is 1. The van der Waals surface area contributed by atoms with Crippen molar-refractivity contribution in [1.82, 2.24) is 5.32 Å². The third kappa shape index (κ3) is 5.63. The summed E-state index contributed by atoms with van der Waals surface area (Å²) in [5.74, 6) is 0.00281. The molecule has 154 valence electrons. The molecule has 5 nitrogen and oxygen atoms in total. The molecule has 1 N–H and O–H groups in total. The topological polar surface area (TPSA) is 67.8 Å². The lowest BCUT2D eigenvalue weighted by Crippen LogP contribution is -2.20. The number of hydrogen-bond acceptors (Lipinski definition) is 4. The van der Waals surface area contributed by atoms with E-state index in [1.165, 1.54) is 0 Å². The summed E-state index contributed by atoms with van der Waals surface area (Å²) in [5, 5.41) is 3.41. The van der Waals surface area contributed by atoms with Gasteiger partial charge in [-0.1, -0.05) is 54.1 Å². The highest BCUT2D eigenvalue weighted by atomic mass is 35.5. The van der Waals surface area contributed by atoms with Gasteiger partial charge in [0.2, 0.25) is 0 Å². The average Bonchev–Trinajstić information content (AvgIpc) is 3.12. The number of nitrogens with one attached hydrogen (secondary N) is 1. The van der Waals surface area contributed by atoms with Crippen molar-refractivity contribution >= 4 is 46.4 Å². The van der Waals surface area contributed by atoms with E-state index in [2.05, 4.69) is 10.3 Å². The second-order valence-electron chi connectivity index (χ2n) is 6.64. The van der Waals surface area contributed by atoms with Gasteiger partial charge in [-0.3, -0.25) is 9.59 Å². The van der Waals surface area contributed by atoms with E-state index < -0.39 is 5.91 Å². The van der Waals surface area contributed by atoms with Gasteiger partial charge in [-0.15, -0.1) is 0 Å². The highest BCUT2D eigenvalue weighted by Crippen LogP contribution is 2.27. The number of hydrogen-bond donors (Lipinski definition) is 1. The number of halogens is 1. The fraction of sp³-hybridized carbons (Fsp3) is 0.0417. The maximum atomic E-state index is 12.3. The molecule has 31 heavy (non-hydrogen) atoms. The number of rotatable bonds is 5. The van der Waals surface area contributed by atoms with Gasteiger partial charge < -0.3 is 10.1 Å². The van der Waals surface area contributed by atoms with E-state index in [1.807, 2.05) is 54.6 Å². The molecule has 1 heterocycles. The predicted octanol–water partition coefficient (Wildman–Crippen LogP) is 5.32. The van der Waals surface area contributed by atoms with Crippen LogP contribution in [0.2, 0.25) is 5.02 Å². The zero-order valence-electron chi connectivity index (χ0n) is 16.2. The number of carbonyl (C=O) groups excluding carboxylic acids is 2. The molecule has 2 amide bonds. The Morgan fingerprint density at radius 3 is 2.42 bits per heavy atom. The van der Waals surface area contributed by atoms with Gasteiger partial charge in [0.25, 0.3) is 11.8 Å². The monoisotopic (exact) mass is 448 g/mol. The van der Waals surface area contributed by atoms with Crippen molar-refractivity contribution in [3.05, 3.63) is 105 Å². The van der Waals surface area contributed by atoms with Crippen molar-refractivity contribution in [2.75, 3.05) is 0 Å². The Hall–Kier alpha value is -3.35. The molecule has 1 aliphatic rings. The van der Waals surface area contributed by atoms with E-state index in [4.69, 9.17) is 16.3 Å². The first kappa shape index (κ1) is 20.9. The summed E-state index contributed by atoms with van der Waals surface area (Å²) in [4.78, 5) is 28.9. The van der Waals surface area contributed by atoms with E-state index in [9.17, 15) is 9.59 Å². The van der Waals surface area contributed by atoms with Crippen LogP contribution >= 0.6 is 23.4 Å². The molecule has 0 spiro atoms. The van der Waals surface area contributed by atoms with Crippen molar-refractivity contribution in [2.24, 2.45) is 4.99 Å². The quantitative estimate of drug-likeness (QED) is 0.536. The first-order chi connectivity index (χ1) is 15.1. The molecule has 4 rings (SSSR count). The van der Waals surface area contributed by atoms with Crippen LogP contribution in [-0.2, 0) is 11.4 Å². The van der Waals surface area contributed by atoms with E-state index >= 15 is 0 Å². The SMILES string of the molecule is O=C1NC(=NC(=O)c2ccc(Cl)cc2)S/C1=C\c1ccc(OCc2ccccc2)cc1. The smallest absolute Gasteiger partial charge is 0.279 e. The van der Waals surface area contributed by atoms with Gasteiger partial charge in [0, 0.05) is 10.6 Å². The normalized spacial score (nSPS) is 15.8. The number of thioether (sulfide) groups is 1. The highest BCUT2D eigenvalue weighted by Gasteiger charge is 2.24. The summed E-state index contributed by atoms with van der Waals surface area (Å²) in [6, 6.07) is 23.8. The number of carbonyl (C=O) groups is 2. The summed E-state index contributed by atoms with van der Waals surface area (Å²) >= 11 is 6.96. The van der Waals surface area contributed by atoms with Crippen molar-refractivity contribution in [3.8, 4) is 5.75 Å². The summed E-state index contributed by atoms with van der Waals surface area (Å²) in [6.07, 6.45) is 1.75. The molecule has 7 heteroatoms. The molecule has 0 atom stereocenters. The van der Waals surface area contributed by atoms with E-state index in [-0.39, 0.29) is 11.1 Å². The Morgan fingerprint density at radius 1 is 1.00 bits per heavy atom. The molecule has 3 aromatic carbocycles. The first-order valence-electron chi connectivity index (χ1n) is 9.43. The summed E-state index contributed by atoms with van der Waals surface area (Å²) in [5.41, 5.74) is 2.33. The molecule has 3 aromatic rings. The molecule has 0 saturated carbocycles. The van der Waals surface area contributed by atoms with E-state index in [0.717, 1.165) is 28.6 Å². The van der Waals surface area contributed by atoms with Gasteiger partial charge in [0.1, 0.15) is 12.4 Å². The van der Waals surface area contributed by atoms with Crippen LogP contribution < -0.4 is 10.1 Å². The number of aliphatic imine (C=N–C) groups is 1. The molecule has 0 aliphatic carbocycles. The van der Waals surface area contributed by atoms with Crippen molar-refractivity contribution in [1.29, 1.82) is 0 Å². The van der Waals surface area contributed by atoms with Gasteiger partial charge >= 0.3 is 0 Å². The minimum absolute atomic E-state index is 0.249. The molecule has 0 radical (unpaired) electrons. The minimum atomic E-state index is -0.444. The first-order valence-corrected chi connectivity index (χ1v) is 10.6. The van der Waals surface area contributed by atoms with Gasteiger partial charge in [0.15, 0.2) is 5.17 Å². The molecule has 0 aromatic heterocycles. The average molecular weight is 449 g/mol. The van der Waals surface area contributed by atoms with E-state index in [0.29, 0.717) is 22.1 Å². The Kier molecular flexibility index (Phi) is 6.50. The van der Waals surface area contributed by atoms with Gasteiger partial charge in [-0.25, -0.2) is 0 Å². The maximum Gasteiger partial charge on any atom is 0.279 e. The molecular formula is C24H17ClN2O3S. The van der Waals surface area contributed by atoms with Crippen LogP contribution in [0.1, 0.15) is 21.5 Å². The highest BCUT2D eigenvalue weighted by molar-refractivity contribution is 8.18. The predicted molar refractivity (Wildman–Crippen MR) is 124 cm³/mol. The molecule has 0 bridgehead atoms. The fourth-order valence-corrected chi connectivity index (χ4v) is 3.73. The zero-order chi connectivity index (χ0) is 21.6. The van der Waals surface area contributed by atoms with Crippen LogP contribution in [0.5, 0.6) is 5.75 Å². The lowest BCUT2D eigenvalue weighted by Gasteiger charge is -2.06. The van der Waals surface area contributed by atoms with Crippen LogP contribution in [0.4, 0.5) is 0 Å². The summed E-state index contributed by atoms with van der Waals surface area (Å²) in [6.45, 7) is 0.487. The summed E-state index contributed by atoms with van der Waals surface area (Å²) < 4.78 is 5.78. The van der Waals surface area contributed by atoms with Crippen LogP contribution in [0, 0.1) is 0 Å². The number of benzene rings is 3. The van der Waals surface area contributed by atoms with Crippen LogP contribution in [-0.4, -0.2) is 17.0 Å². The van der Waals surface area contributed by atoms with Crippen LogP contribution in [0.15, 0.2) is 88.8 Å². The Labute approximate surface area is 188 Å². The Morgan fingerprint density at radius 2 is 1.71 bits per heavy atom. The zero-order valence-corrected chi connectivity index (χ0v) is 17.8. The standard InChI is InChI=1S/C24H17ClN2O3S/c25-19-10-8-18(9-11-19)22(28)26-24-27-23(29)21(31-24)14-16-6-12-20(13-7-16)30-15-17-4-2-1-3-5-17/h1-14H,15H2,(H,26,27,28,29)/b21-14-. The third-order valence-corrected chi connectivity index (χ3v) is 5.53. The van der Waals surface area contributed by atoms with Gasteiger partial charge in [-0.05, 0) is 65.4 Å². The molecule has 1 saturated heterocycles. The van der Waals surface area contributed by atoms with Crippen molar-refractivity contribution in [3.63, 3.8) is 0 Å².